The van der Waals surface area contributed by atoms with Gasteiger partial charge in [0.1, 0.15) is 11.6 Å². The van der Waals surface area contributed by atoms with Crippen LogP contribution in [-0.4, -0.2) is 30.3 Å². The summed E-state index contributed by atoms with van der Waals surface area (Å²) in [4.78, 5) is 7.35. The zero-order valence-electron chi connectivity index (χ0n) is 16.7. The third-order valence-electron chi connectivity index (χ3n) is 4.63. The summed E-state index contributed by atoms with van der Waals surface area (Å²) in [6, 6.07) is 15.3. The lowest BCUT2D eigenvalue weighted by atomic mass is 10.0. The number of benzene rings is 3. The first-order chi connectivity index (χ1) is 15.8. The molecule has 0 radical (unpaired) electrons. The van der Waals surface area contributed by atoms with Crippen LogP contribution in [0.1, 0.15) is 0 Å². The number of para-hydroxylation sites is 1. The molecule has 0 fully saturated rings. The Balaban J connectivity index is 1.67. The standard InChI is InChI=1S/C21H13F6N3O3S/c22-20(23,24)33-14-8-5-12(6-9-14)19-28-17-10-7-13(11-18(17)29-19)15-3-1-2-4-16(15)30-34(31,32)21(25,26)27/h1-11,30H,(H,28,29). The molecule has 0 atom stereocenters. The average molecular weight is 501 g/mol. The number of nitrogens with zero attached hydrogens (tertiary/aromatic N) is 1. The van der Waals surface area contributed by atoms with E-state index in [0.29, 0.717) is 28.0 Å². The van der Waals surface area contributed by atoms with Crippen LogP contribution in [-0.2, 0) is 10.0 Å². The number of fused-ring (bicyclic) bond motifs is 1. The largest absolute Gasteiger partial charge is 0.573 e. The fraction of sp³-hybridized carbons (Fsp3) is 0.0952. The molecule has 0 spiro atoms. The van der Waals surface area contributed by atoms with Crippen molar-refractivity contribution in [1.82, 2.24) is 9.97 Å². The third-order valence-corrected chi connectivity index (χ3v) is 5.73. The highest BCUT2D eigenvalue weighted by atomic mass is 32.2. The highest BCUT2D eigenvalue weighted by Crippen LogP contribution is 2.34. The normalized spacial score (nSPS) is 12.6. The number of nitrogens with one attached hydrogen (secondary N) is 2. The maximum absolute atomic E-state index is 12.8. The molecule has 0 saturated heterocycles. The van der Waals surface area contributed by atoms with Crippen molar-refractivity contribution in [2.75, 3.05) is 4.72 Å². The average Bonchev–Trinajstić information content (AvgIpc) is 3.16. The summed E-state index contributed by atoms with van der Waals surface area (Å²) >= 11 is 0. The molecule has 2 N–H and O–H groups in total. The molecule has 0 saturated carbocycles. The van der Waals surface area contributed by atoms with Crippen molar-refractivity contribution in [1.29, 1.82) is 0 Å². The van der Waals surface area contributed by atoms with Crippen molar-refractivity contribution < 1.29 is 39.5 Å². The van der Waals surface area contributed by atoms with Crippen LogP contribution in [0.25, 0.3) is 33.5 Å². The number of sulfonamides is 1. The number of halogens is 6. The van der Waals surface area contributed by atoms with Gasteiger partial charge in [0.2, 0.25) is 0 Å². The van der Waals surface area contributed by atoms with Crippen LogP contribution in [0, 0.1) is 0 Å². The monoisotopic (exact) mass is 501 g/mol. The van der Waals surface area contributed by atoms with Gasteiger partial charge in [-0.1, -0.05) is 24.3 Å². The maximum Gasteiger partial charge on any atom is 0.573 e. The van der Waals surface area contributed by atoms with Crippen molar-refractivity contribution in [3.05, 3.63) is 66.7 Å². The number of aromatic amines is 1. The highest BCUT2D eigenvalue weighted by Gasteiger charge is 2.46. The number of rotatable bonds is 5. The third kappa shape index (κ3) is 4.93. The van der Waals surface area contributed by atoms with Crippen molar-refractivity contribution in [2.45, 2.75) is 11.9 Å². The summed E-state index contributed by atoms with van der Waals surface area (Å²) in [5, 5.41) is 0. The van der Waals surface area contributed by atoms with Crippen LogP contribution in [0.5, 0.6) is 5.75 Å². The summed E-state index contributed by atoms with van der Waals surface area (Å²) in [5.41, 5.74) is -3.74. The molecule has 0 unspecified atom stereocenters. The van der Waals surface area contributed by atoms with Crippen molar-refractivity contribution in [2.24, 2.45) is 0 Å². The molecule has 6 nitrogen and oxygen atoms in total. The number of imidazole rings is 1. The summed E-state index contributed by atoms with van der Waals surface area (Å²) in [7, 11) is -5.62. The minimum Gasteiger partial charge on any atom is -0.406 e. The van der Waals surface area contributed by atoms with Gasteiger partial charge < -0.3 is 9.72 Å². The van der Waals surface area contributed by atoms with E-state index in [1.807, 2.05) is 0 Å². The number of hydrogen-bond donors (Lipinski definition) is 2. The summed E-state index contributed by atoms with van der Waals surface area (Å²) in [5.74, 6) is -0.0654. The molecule has 34 heavy (non-hydrogen) atoms. The Kier molecular flexibility index (Phi) is 5.67. The lowest BCUT2D eigenvalue weighted by Crippen LogP contribution is -2.30. The zero-order valence-corrected chi connectivity index (χ0v) is 17.5. The van der Waals surface area contributed by atoms with Gasteiger partial charge in [-0.05, 0) is 48.0 Å². The van der Waals surface area contributed by atoms with E-state index in [9.17, 15) is 34.8 Å². The molecule has 0 aliphatic heterocycles. The zero-order chi connectivity index (χ0) is 24.7. The molecule has 4 rings (SSSR count). The number of hydrogen-bond acceptors (Lipinski definition) is 4. The van der Waals surface area contributed by atoms with Gasteiger partial charge >= 0.3 is 21.9 Å². The minimum atomic E-state index is -5.62. The topological polar surface area (TPSA) is 84.1 Å². The molecule has 1 heterocycles. The second-order valence-electron chi connectivity index (χ2n) is 6.99. The van der Waals surface area contributed by atoms with E-state index < -0.39 is 27.6 Å². The molecule has 0 bridgehead atoms. The van der Waals surface area contributed by atoms with E-state index in [0.717, 1.165) is 12.1 Å². The fourth-order valence-electron chi connectivity index (χ4n) is 3.15. The predicted octanol–water partition coefficient (Wildman–Crippen LogP) is 6.06. The number of ether oxygens (including phenoxy) is 1. The van der Waals surface area contributed by atoms with E-state index in [1.165, 1.54) is 36.4 Å². The first-order valence-electron chi connectivity index (χ1n) is 9.37. The molecule has 178 valence electrons. The lowest BCUT2D eigenvalue weighted by Gasteiger charge is -2.14. The van der Waals surface area contributed by atoms with Crippen molar-refractivity contribution in [3.63, 3.8) is 0 Å². The van der Waals surface area contributed by atoms with Gasteiger partial charge in [0.15, 0.2) is 0 Å². The van der Waals surface area contributed by atoms with E-state index in [4.69, 9.17) is 0 Å². The second kappa shape index (κ2) is 8.24. The van der Waals surface area contributed by atoms with E-state index in [1.54, 1.807) is 22.9 Å². The van der Waals surface area contributed by atoms with Gasteiger partial charge in [-0.3, -0.25) is 4.72 Å². The first-order valence-corrected chi connectivity index (χ1v) is 10.9. The second-order valence-corrected chi connectivity index (χ2v) is 8.66. The van der Waals surface area contributed by atoms with Crippen LogP contribution >= 0.6 is 0 Å². The molecule has 0 aliphatic rings. The summed E-state index contributed by atoms with van der Waals surface area (Å²) < 4.78 is 104. The van der Waals surface area contributed by atoms with Gasteiger partial charge in [0, 0.05) is 11.1 Å². The SMILES string of the molecule is O=S(=O)(Nc1ccccc1-c1ccc2nc(-c3ccc(OC(F)(F)F)cc3)[nH]c2c1)C(F)(F)F. The van der Waals surface area contributed by atoms with Crippen LogP contribution in [0.3, 0.4) is 0 Å². The van der Waals surface area contributed by atoms with Gasteiger partial charge in [0.05, 0.1) is 16.7 Å². The Hall–Kier alpha value is -3.74. The fourth-order valence-corrected chi connectivity index (χ4v) is 3.74. The Morgan fingerprint density at radius 2 is 1.50 bits per heavy atom. The first kappa shape index (κ1) is 23.4. The quantitative estimate of drug-likeness (QED) is 0.326. The van der Waals surface area contributed by atoms with Gasteiger partial charge in [0.25, 0.3) is 0 Å². The summed E-state index contributed by atoms with van der Waals surface area (Å²) in [6.45, 7) is 0. The highest BCUT2D eigenvalue weighted by molar-refractivity contribution is 7.93. The molecule has 0 amide bonds. The van der Waals surface area contributed by atoms with Gasteiger partial charge in [-0.2, -0.15) is 21.6 Å². The minimum absolute atomic E-state index is 0.196. The lowest BCUT2D eigenvalue weighted by molar-refractivity contribution is -0.274. The molecule has 1 aromatic heterocycles. The number of alkyl halides is 6. The number of H-pyrrole nitrogens is 1. The molecule has 4 aromatic rings. The van der Waals surface area contributed by atoms with Gasteiger partial charge in [-0.25, -0.2) is 4.98 Å². The maximum atomic E-state index is 12.8. The smallest absolute Gasteiger partial charge is 0.406 e. The predicted molar refractivity (Wildman–Crippen MR) is 112 cm³/mol. The Morgan fingerprint density at radius 1 is 0.853 bits per heavy atom. The number of anilines is 1. The molecule has 3 aromatic carbocycles. The van der Waals surface area contributed by atoms with Crippen LogP contribution < -0.4 is 9.46 Å². The van der Waals surface area contributed by atoms with Crippen molar-refractivity contribution in [3.8, 4) is 28.3 Å². The Bertz CT molecular complexity index is 1450. The summed E-state index contributed by atoms with van der Waals surface area (Å²) in [6.07, 6.45) is -4.82. The molecule has 13 heteroatoms. The molecular weight excluding hydrogens is 488 g/mol. The Morgan fingerprint density at radius 3 is 2.15 bits per heavy atom. The molecular formula is C21H13F6N3O3S. The van der Waals surface area contributed by atoms with Crippen LogP contribution in [0.4, 0.5) is 32.0 Å². The van der Waals surface area contributed by atoms with Gasteiger partial charge in [-0.15, -0.1) is 13.2 Å². The Labute approximate surface area is 188 Å². The molecule has 0 aliphatic carbocycles. The number of aromatic nitrogens is 2. The van der Waals surface area contributed by atoms with E-state index in [-0.39, 0.29) is 11.3 Å². The van der Waals surface area contributed by atoms with Crippen molar-refractivity contribution >= 4 is 26.7 Å². The van der Waals surface area contributed by atoms with E-state index in [2.05, 4.69) is 14.7 Å². The van der Waals surface area contributed by atoms with Crippen LogP contribution in [0.2, 0.25) is 0 Å². The van der Waals surface area contributed by atoms with Crippen LogP contribution in [0.15, 0.2) is 66.7 Å². The van der Waals surface area contributed by atoms with E-state index >= 15 is 0 Å².